The highest BCUT2D eigenvalue weighted by Gasteiger charge is 2.23. The molecule has 2 aromatic heterocycles. The van der Waals surface area contributed by atoms with Gasteiger partial charge in [0, 0.05) is 63.4 Å². The Bertz CT molecular complexity index is 761. The van der Waals surface area contributed by atoms with E-state index >= 15 is 0 Å². The Morgan fingerprint density at radius 1 is 0.926 bits per heavy atom. The largest absolute Gasteiger partial charge is 0.353 e. The van der Waals surface area contributed by atoms with Gasteiger partial charge in [-0.25, -0.2) is 4.98 Å². The molecule has 0 radical (unpaired) electrons. The zero-order valence-electron chi connectivity index (χ0n) is 16.0. The van der Waals surface area contributed by atoms with Crippen molar-refractivity contribution in [1.29, 1.82) is 0 Å². The average Bonchev–Trinajstić information content (AvgIpc) is 3.21. The monoisotopic (exact) mass is 368 g/mol. The van der Waals surface area contributed by atoms with Gasteiger partial charge in [-0.15, -0.1) is 0 Å². The van der Waals surface area contributed by atoms with Crippen LogP contribution in [0.25, 0.3) is 0 Å². The number of anilines is 2. The predicted octanol–water partition coefficient (Wildman–Crippen LogP) is 1.93. The van der Waals surface area contributed by atoms with Crippen LogP contribution in [0.1, 0.15) is 25.0 Å². The van der Waals surface area contributed by atoms with Crippen molar-refractivity contribution in [3.8, 4) is 0 Å². The third-order valence-electron chi connectivity index (χ3n) is 5.41. The van der Waals surface area contributed by atoms with E-state index < -0.39 is 0 Å². The Labute approximate surface area is 160 Å². The van der Waals surface area contributed by atoms with Gasteiger partial charge in [-0.2, -0.15) is 4.98 Å². The second-order valence-electron chi connectivity index (χ2n) is 7.44. The highest BCUT2D eigenvalue weighted by Crippen LogP contribution is 2.21. The van der Waals surface area contributed by atoms with E-state index in [9.17, 15) is 4.79 Å². The molecule has 0 bridgehead atoms. The molecule has 0 saturated carbocycles. The van der Waals surface area contributed by atoms with E-state index in [1.165, 1.54) is 19.3 Å². The number of carbonyl (C=O) groups is 1. The van der Waals surface area contributed by atoms with Crippen molar-refractivity contribution >= 4 is 17.7 Å². The van der Waals surface area contributed by atoms with Gasteiger partial charge in [0.15, 0.2) is 0 Å². The minimum absolute atomic E-state index is 0.179. The van der Waals surface area contributed by atoms with Gasteiger partial charge in [-0.3, -0.25) is 4.79 Å². The quantitative estimate of drug-likeness (QED) is 0.825. The molecule has 144 valence electrons. The number of aromatic nitrogens is 3. The number of piperazine rings is 1. The molecule has 1 amide bonds. The van der Waals surface area contributed by atoms with Gasteiger partial charge in [-0.05, 0) is 38.3 Å². The van der Waals surface area contributed by atoms with E-state index in [2.05, 4.69) is 20.9 Å². The zero-order valence-corrected chi connectivity index (χ0v) is 16.0. The SMILES string of the molecule is Cc1cc(N2CCN(C(=O)Cn3cccc3)CC2)nc(N2CCCCC2)n1. The van der Waals surface area contributed by atoms with Crippen molar-refractivity contribution < 1.29 is 4.79 Å². The first-order valence-corrected chi connectivity index (χ1v) is 9.93. The lowest BCUT2D eigenvalue weighted by Crippen LogP contribution is -2.50. The fourth-order valence-electron chi connectivity index (χ4n) is 3.85. The lowest BCUT2D eigenvalue weighted by molar-refractivity contribution is -0.132. The number of nitrogens with zero attached hydrogens (tertiary/aromatic N) is 6. The van der Waals surface area contributed by atoms with E-state index in [-0.39, 0.29) is 5.91 Å². The molecule has 0 spiro atoms. The summed E-state index contributed by atoms with van der Waals surface area (Å²) in [5.41, 5.74) is 1.01. The van der Waals surface area contributed by atoms with Crippen LogP contribution in [-0.4, -0.2) is 64.6 Å². The van der Waals surface area contributed by atoms with E-state index in [0.717, 1.165) is 56.7 Å². The Kier molecular flexibility index (Phi) is 5.27. The van der Waals surface area contributed by atoms with Crippen LogP contribution in [0.5, 0.6) is 0 Å². The van der Waals surface area contributed by atoms with Gasteiger partial charge in [0.2, 0.25) is 11.9 Å². The minimum atomic E-state index is 0.179. The molecule has 0 N–H and O–H groups in total. The Morgan fingerprint density at radius 2 is 1.63 bits per heavy atom. The van der Waals surface area contributed by atoms with Gasteiger partial charge >= 0.3 is 0 Å². The van der Waals surface area contributed by atoms with Crippen LogP contribution in [0.3, 0.4) is 0 Å². The first kappa shape index (κ1) is 17.8. The van der Waals surface area contributed by atoms with Crippen molar-refractivity contribution in [2.75, 3.05) is 49.1 Å². The summed E-state index contributed by atoms with van der Waals surface area (Å²) < 4.78 is 1.92. The summed E-state index contributed by atoms with van der Waals surface area (Å²) in [6.07, 6.45) is 7.59. The van der Waals surface area contributed by atoms with E-state index in [1.54, 1.807) is 0 Å². The van der Waals surface area contributed by atoms with Crippen molar-refractivity contribution in [3.05, 3.63) is 36.3 Å². The van der Waals surface area contributed by atoms with Crippen LogP contribution in [-0.2, 0) is 11.3 Å². The number of hydrogen-bond donors (Lipinski definition) is 0. The molecule has 27 heavy (non-hydrogen) atoms. The summed E-state index contributed by atoms with van der Waals surface area (Å²) >= 11 is 0. The number of rotatable bonds is 4. The summed E-state index contributed by atoms with van der Waals surface area (Å²) in [4.78, 5) is 28.5. The molecule has 2 saturated heterocycles. The molecule has 4 heterocycles. The Balaban J connectivity index is 1.39. The highest BCUT2D eigenvalue weighted by molar-refractivity contribution is 5.76. The predicted molar refractivity (Wildman–Crippen MR) is 106 cm³/mol. The van der Waals surface area contributed by atoms with E-state index in [4.69, 9.17) is 4.98 Å². The van der Waals surface area contributed by atoms with E-state index in [0.29, 0.717) is 6.54 Å². The standard InChI is InChI=1S/C20H28N6O/c1-17-15-18(22-20(21-17)26-9-3-2-4-10-26)24-11-13-25(14-12-24)19(27)16-23-7-5-6-8-23/h5-8,15H,2-4,9-14,16H2,1H3. The second-order valence-corrected chi connectivity index (χ2v) is 7.44. The zero-order chi connectivity index (χ0) is 18.6. The van der Waals surface area contributed by atoms with Crippen LogP contribution in [0.15, 0.2) is 30.6 Å². The van der Waals surface area contributed by atoms with Gasteiger partial charge < -0.3 is 19.3 Å². The maximum atomic E-state index is 12.5. The second kappa shape index (κ2) is 7.98. The van der Waals surface area contributed by atoms with Crippen molar-refractivity contribution in [3.63, 3.8) is 0 Å². The smallest absolute Gasteiger partial charge is 0.242 e. The number of aryl methyl sites for hydroxylation is 1. The Morgan fingerprint density at radius 3 is 2.33 bits per heavy atom. The van der Waals surface area contributed by atoms with Crippen molar-refractivity contribution in [2.45, 2.75) is 32.7 Å². The normalized spacial score (nSPS) is 18.0. The lowest BCUT2D eigenvalue weighted by atomic mass is 10.1. The fraction of sp³-hybridized carbons (Fsp3) is 0.550. The van der Waals surface area contributed by atoms with Crippen LogP contribution in [0.4, 0.5) is 11.8 Å². The molecule has 4 rings (SSSR count). The van der Waals surface area contributed by atoms with Crippen LogP contribution >= 0.6 is 0 Å². The topological polar surface area (TPSA) is 57.5 Å². The van der Waals surface area contributed by atoms with E-state index in [1.807, 2.05) is 40.9 Å². The van der Waals surface area contributed by atoms with Gasteiger partial charge in [0.05, 0.1) is 0 Å². The molecule has 0 aliphatic carbocycles. The molecular formula is C20H28N6O. The van der Waals surface area contributed by atoms with Gasteiger partial charge in [-0.1, -0.05) is 0 Å². The van der Waals surface area contributed by atoms with Crippen molar-refractivity contribution in [1.82, 2.24) is 19.4 Å². The first-order valence-electron chi connectivity index (χ1n) is 9.93. The maximum Gasteiger partial charge on any atom is 0.242 e. The summed E-state index contributed by atoms with van der Waals surface area (Å²) in [5.74, 6) is 2.02. The molecule has 2 aromatic rings. The molecule has 0 unspecified atom stereocenters. The molecule has 7 nitrogen and oxygen atoms in total. The van der Waals surface area contributed by atoms with Gasteiger partial charge in [0.1, 0.15) is 12.4 Å². The molecule has 0 aromatic carbocycles. The maximum absolute atomic E-state index is 12.5. The summed E-state index contributed by atoms with van der Waals surface area (Å²) in [6.45, 7) is 7.65. The third kappa shape index (κ3) is 4.23. The van der Waals surface area contributed by atoms with Gasteiger partial charge in [0.25, 0.3) is 0 Å². The van der Waals surface area contributed by atoms with Crippen LogP contribution in [0, 0.1) is 6.92 Å². The average molecular weight is 368 g/mol. The molecule has 0 atom stereocenters. The number of amides is 1. The summed E-state index contributed by atoms with van der Waals surface area (Å²) in [6, 6.07) is 5.95. The number of piperidine rings is 1. The molecule has 2 aliphatic rings. The lowest BCUT2D eigenvalue weighted by Gasteiger charge is -2.36. The number of carbonyl (C=O) groups excluding carboxylic acids is 1. The Hall–Kier alpha value is -2.57. The molecule has 2 fully saturated rings. The van der Waals surface area contributed by atoms with Crippen LogP contribution in [0.2, 0.25) is 0 Å². The number of hydrogen-bond acceptors (Lipinski definition) is 5. The van der Waals surface area contributed by atoms with Crippen molar-refractivity contribution in [2.24, 2.45) is 0 Å². The summed E-state index contributed by atoms with van der Waals surface area (Å²) in [7, 11) is 0. The first-order chi connectivity index (χ1) is 13.2. The molecular weight excluding hydrogens is 340 g/mol. The third-order valence-corrected chi connectivity index (χ3v) is 5.41. The fourth-order valence-corrected chi connectivity index (χ4v) is 3.85. The molecule has 2 aliphatic heterocycles. The minimum Gasteiger partial charge on any atom is -0.353 e. The van der Waals surface area contributed by atoms with Crippen LogP contribution < -0.4 is 9.80 Å². The molecule has 7 heteroatoms. The summed E-state index contributed by atoms with van der Waals surface area (Å²) in [5, 5.41) is 0. The highest BCUT2D eigenvalue weighted by atomic mass is 16.2.